The van der Waals surface area contributed by atoms with Crippen molar-refractivity contribution in [2.75, 3.05) is 48.4 Å². The van der Waals surface area contributed by atoms with Crippen LogP contribution in [0.1, 0.15) is 11.1 Å². The minimum absolute atomic E-state index is 0.0870. The number of aryl methyl sites for hydroxylation is 1. The van der Waals surface area contributed by atoms with Crippen molar-refractivity contribution in [1.82, 2.24) is 0 Å². The molecule has 1 aliphatic rings. The molecular formula is C26H29N3O5S. The first-order valence-electron chi connectivity index (χ1n) is 11.3. The Balaban J connectivity index is 1.62. The summed E-state index contributed by atoms with van der Waals surface area (Å²) in [5.41, 5.74) is 3.33. The molecule has 0 aromatic heterocycles. The third-order valence-electron chi connectivity index (χ3n) is 5.84. The fourth-order valence-corrected chi connectivity index (χ4v) is 5.24. The van der Waals surface area contributed by atoms with E-state index in [0.717, 1.165) is 11.1 Å². The summed E-state index contributed by atoms with van der Waals surface area (Å²) >= 11 is 0. The van der Waals surface area contributed by atoms with E-state index in [0.29, 0.717) is 49.1 Å². The van der Waals surface area contributed by atoms with Gasteiger partial charge in [-0.2, -0.15) is 0 Å². The highest BCUT2D eigenvalue weighted by atomic mass is 32.2. The Hall–Kier alpha value is -3.56. The zero-order valence-corrected chi connectivity index (χ0v) is 20.6. The number of carbonyl (C=O) groups is 1. The van der Waals surface area contributed by atoms with Gasteiger partial charge in [-0.1, -0.05) is 24.3 Å². The van der Waals surface area contributed by atoms with Gasteiger partial charge in [0.1, 0.15) is 10.6 Å². The maximum Gasteiger partial charge on any atom is 0.264 e. The lowest BCUT2D eigenvalue weighted by atomic mass is 10.1. The van der Waals surface area contributed by atoms with Crippen molar-refractivity contribution in [3.8, 4) is 5.75 Å². The van der Waals surface area contributed by atoms with Crippen LogP contribution in [-0.2, 0) is 26.0 Å². The average molecular weight is 496 g/mol. The number of hydrogen-bond donors (Lipinski definition) is 2. The second kappa shape index (κ2) is 10.8. The molecule has 1 aliphatic heterocycles. The Bertz CT molecular complexity index is 1290. The normalized spacial score (nSPS) is 13.8. The second-order valence-electron chi connectivity index (χ2n) is 8.27. The molecule has 0 unspecified atom stereocenters. The molecule has 0 atom stereocenters. The Labute approximate surface area is 205 Å². The molecule has 2 N–H and O–H groups in total. The fraction of sp³-hybridized carbons (Fsp3) is 0.269. The molecule has 1 heterocycles. The van der Waals surface area contributed by atoms with Crippen LogP contribution >= 0.6 is 0 Å². The SMILES string of the molecule is COc1ccc(NS(=O)(=O)c2cc(NC(=O)Cc3ccccc3C)ccc2N2CCOCC2)cc1. The maximum atomic E-state index is 13.5. The van der Waals surface area contributed by atoms with E-state index >= 15 is 0 Å². The summed E-state index contributed by atoms with van der Waals surface area (Å²) in [6.07, 6.45) is 0.198. The number of nitrogens with zero attached hydrogens (tertiary/aromatic N) is 1. The lowest BCUT2D eigenvalue weighted by molar-refractivity contribution is -0.115. The molecule has 9 heteroatoms. The van der Waals surface area contributed by atoms with E-state index < -0.39 is 10.0 Å². The Morgan fingerprint density at radius 3 is 2.37 bits per heavy atom. The number of benzene rings is 3. The van der Waals surface area contributed by atoms with Gasteiger partial charge >= 0.3 is 0 Å². The number of sulfonamides is 1. The molecule has 1 saturated heterocycles. The van der Waals surface area contributed by atoms with Crippen LogP contribution < -0.4 is 19.7 Å². The van der Waals surface area contributed by atoms with E-state index in [1.54, 1.807) is 43.5 Å². The summed E-state index contributed by atoms with van der Waals surface area (Å²) < 4.78 is 40.2. The third-order valence-corrected chi connectivity index (χ3v) is 7.25. The van der Waals surface area contributed by atoms with E-state index in [2.05, 4.69) is 10.0 Å². The van der Waals surface area contributed by atoms with Gasteiger partial charge in [0.2, 0.25) is 5.91 Å². The van der Waals surface area contributed by atoms with Gasteiger partial charge in [0.05, 0.1) is 32.4 Å². The van der Waals surface area contributed by atoms with Crippen molar-refractivity contribution in [3.05, 3.63) is 77.9 Å². The van der Waals surface area contributed by atoms with Crippen LogP contribution in [0.5, 0.6) is 5.75 Å². The summed E-state index contributed by atoms with van der Waals surface area (Å²) in [4.78, 5) is 14.8. The van der Waals surface area contributed by atoms with Crippen molar-refractivity contribution in [2.24, 2.45) is 0 Å². The van der Waals surface area contributed by atoms with Crippen LogP contribution in [0.3, 0.4) is 0 Å². The molecule has 0 radical (unpaired) electrons. The van der Waals surface area contributed by atoms with E-state index in [9.17, 15) is 13.2 Å². The Morgan fingerprint density at radius 1 is 1.00 bits per heavy atom. The first-order chi connectivity index (χ1) is 16.9. The van der Waals surface area contributed by atoms with E-state index in [4.69, 9.17) is 9.47 Å². The third kappa shape index (κ3) is 6.12. The lowest BCUT2D eigenvalue weighted by Crippen LogP contribution is -2.37. The Morgan fingerprint density at radius 2 is 1.69 bits per heavy atom. The predicted octanol–water partition coefficient (Wildman–Crippen LogP) is 3.82. The molecule has 35 heavy (non-hydrogen) atoms. The molecule has 0 aliphatic carbocycles. The number of hydrogen-bond acceptors (Lipinski definition) is 6. The number of anilines is 3. The van der Waals surface area contributed by atoms with Crippen molar-refractivity contribution >= 4 is 33.0 Å². The zero-order valence-electron chi connectivity index (χ0n) is 19.8. The van der Waals surface area contributed by atoms with Crippen LogP contribution in [-0.4, -0.2) is 47.7 Å². The maximum absolute atomic E-state index is 13.5. The van der Waals surface area contributed by atoms with Crippen LogP contribution in [0.4, 0.5) is 17.1 Å². The first-order valence-corrected chi connectivity index (χ1v) is 12.8. The van der Waals surface area contributed by atoms with Gasteiger partial charge in [-0.25, -0.2) is 8.42 Å². The topological polar surface area (TPSA) is 97.0 Å². The number of carbonyl (C=O) groups excluding carboxylic acids is 1. The molecule has 0 bridgehead atoms. The number of rotatable bonds is 8. The van der Waals surface area contributed by atoms with Gasteiger partial charge < -0.3 is 19.7 Å². The Kier molecular flexibility index (Phi) is 7.57. The van der Waals surface area contributed by atoms with Crippen LogP contribution in [0.15, 0.2) is 71.6 Å². The van der Waals surface area contributed by atoms with E-state index in [-0.39, 0.29) is 17.2 Å². The summed E-state index contributed by atoms with van der Waals surface area (Å²) in [5, 5.41) is 2.85. The molecule has 184 valence electrons. The number of morpholine rings is 1. The highest BCUT2D eigenvalue weighted by Gasteiger charge is 2.24. The molecule has 1 amide bonds. The van der Waals surface area contributed by atoms with E-state index in [1.165, 1.54) is 6.07 Å². The largest absolute Gasteiger partial charge is 0.497 e. The van der Waals surface area contributed by atoms with Gasteiger partial charge in [-0.05, 0) is 60.5 Å². The molecule has 1 fully saturated rings. The molecule has 4 rings (SSSR count). The van der Waals surface area contributed by atoms with Gasteiger partial charge in [0.15, 0.2) is 0 Å². The minimum atomic E-state index is -3.96. The first kappa shape index (κ1) is 24.6. The second-order valence-corrected chi connectivity index (χ2v) is 9.92. The van der Waals surface area contributed by atoms with Gasteiger partial charge in [0.25, 0.3) is 10.0 Å². The van der Waals surface area contributed by atoms with Crippen molar-refractivity contribution in [3.63, 3.8) is 0 Å². The molecule has 0 saturated carbocycles. The quantitative estimate of drug-likeness (QED) is 0.493. The van der Waals surface area contributed by atoms with Crippen LogP contribution in [0.2, 0.25) is 0 Å². The average Bonchev–Trinajstić information content (AvgIpc) is 2.86. The summed E-state index contributed by atoms with van der Waals surface area (Å²) in [5.74, 6) is 0.408. The monoisotopic (exact) mass is 495 g/mol. The molecular weight excluding hydrogens is 466 g/mol. The van der Waals surface area contributed by atoms with Gasteiger partial charge in [-0.3, -0.25) is 9.52 Å². The lowest BCUT2D eigenvalue weighted by Gasteiger charge is -2.30. The highest BCUT2D eigenvalue weighted by molar-refractivity contribution is 7.92. The van der Waals surface area contributed by atoms with Gasteiger partial charge in [-0.15, -0.1) is 0 Å². The molecule has 3 aromatic carbocycles. The highest BCUT2D eigenvalue weighted by Crippen LogP contribution is 2.31. The van der Waals surface area contributed by atoms with Crippen LogP contribution in [0, 0.1) is 6.92 Å². The summed E-state index contributed by atoms with van der Waals surface area (Å²) in [6.45, 7) is 4.13. The molecule has 8 nitrogen and oxygen atoms in total. The summed E-state index contributed by atoms with van der Waals surface area (Å²) in [7, 11) is -2.41. The van der Waals surface area contributed by atoms with Crippen LogP contribution in [0.25, 0.3) is 0 Å². The fourth-order valence-electron chi connectivity index (χ4n) is 3.93. The van der Waals surface area contributed by atoms with Crippen molar-refractivity contribution in [1.29, 1.82) is 0 Å². The molecule has 0 spiro atoms. The number of methoxy groups -OCH3 is 1. The minimum Gasteiger partial charge on any atom is -0.497 e. The number of ether oxygens (including phenoxy) is 2. The van der Waals surface area contributed by atoms with E-state index in [1.807, 2.05) is 36.1 Å². The van der Waals surface area contributed by atoms with Crippen molar-refractivity contribution < 1.29 is 22.7 Å². The smallest absolute Gasteiger partial charge is 0.264 e. The zero-order chi connectivity index (χ0) is 24.8. The van der Waals surface area contributed by atoms with Crippen molar-refractivity contribution in [2.45, 2.75) is 18.2 Å². The molecule has 3 aromatic rings. The number of nitrogens with one attached hydrogen (secondary N) is 2. The standard InChI is InChI=1S/C26H29N3O5S/c1-19-5-3-4-6-20(19)17-26(30)27-22-9-12-24(29-13-15-34-16-14-29)25(18-22)35(31,32)28-21-7-10-23(33-2)11-8-21/h3-12,18,28H,13-17H2,1-2H3,(H,27,30). The summed E-state index contributed by atoms with van der Waals surface area (Å²) in [6, 6.07) is 19.3. The predicted molar refractivity (Wildman–Crippen MR) is 137 cm³/mol. The number of amides is 1. The van der Waals surface area contributed by atoms with Gasteiger partial charge in [0, 0.05) is 24.5 Å².